The molecule has 2 N–H and O–H groups in total. The Labute approximate surface area is 181 Å². The van der Waals surface area contributed by atoms with Gasteiger partial charge in [0.1, 0.15) is 5.75 Å². The number of oxazole rings is 1. The lowest BCUT2D eigenvalue weighted by atomic mass is 10.1. The van der Waals surface area contributed by atoms with Crippen LogP contribution in [0.2, 0.25) is 0 Å². The highest BCUT2D eigenvalue weighted by Gasteiger charge is 2.12. The lowest BCUT2D eigenvalue weighted by molar-refractivity contribution is 0.0600. The Morgan fingerprint density at radius 1 is 0.968 bits per heavy atom. The highest BCUT2D eigenvalue weighted by molar-refractivity contribution is 5.90. The van der Waals surface area contributed by atoms with Crippen molar-refractivity contribution in [2.75, 3.05) is 19.5 Å². The minimum absolute atomic E-state index is 0.0713. The number of carbonyl (C=O) groups excluding carboxylic acids is 1. The number of hydrogen-bond donors (Lipinski definition) is 2. The van der Waals surface area contributed by atoms with Crippen molar-refractivity contribution in [3.05, 3.63) is 59.8 Å². The molecule has 0 aliphatic heterocycles. The predicted octanol–water partition coefficient (Wildman–Crippen LogP) is 5.63. The van der Waals surface area contributed by atoms with Crippen LogP contribution >= 0.6 is 0 Å². The van der Waals surface area contributed by atoms with E-state index in [0.29, 0.717) is 22.8 Å². The first-order chi connectivity index (χ1) is 15.0. The molecule has 166 valence electrons. The predicted molar refractivity (Wildman–Crippen MR) is 119 cm³/mol. The molecule has 0 bridgehead atoms. The molecule has 3 rings (SSSR count). The summed E-state index contributed by atoms with van der Waals surface area (Å²) in [5.74, 6) is -0.623. The fourth-order valence-corrected chi connectivity index (χ4v) is 2.39. The number of anilines is 2. The first-order valence-corrected chi connectivity index (χ1v) is 9.84. The maximum Gasteiger partial charge on any atom is 0.337 e. The maximum atomic E-state index is 11.5. The zero-order valence-electron chi connectivity index (χ0n) is 18.6. The highest BCUT2D eigenvalue weighted by atomic mass is 16.5. The Morgan fingerprint density at radius 2 is 1.61 bits per heavy atom. The summed E-state index contributed by atoms with van der Waals surface area (Å²) in [5, 5.41) is 12.1. The molecule has 8 nitrogen and oxygen atoms in total. The van der Waals surface area contributed by atoms with Crippen molar-refractivity contribution in [2.24, 2.45) is 0 Å². The van der Waals surface area contributed by atoms with Crippen molar-refractivity contribution < 1.29 is 28.6 Å². The quantitative estimate of drug-likeness (QED) is 0.486. The van der Waals surface area contributed by atoms with Crippen LogP contribution in [0, 0.1) is 0 Å². The topological polar surface area (TPSA) is 111 Å². The number of ether oxygens (including phenoxy) is 2. The van der Waals surface area contributed by atoms with E-state index in [4.69, 9.17) is 9.15 Å². The molecule has 0 aliphatic carbocycles. The SMILES string of the molecule is CC.CC.COC(=O)c1ccc(-c2cnc(Nc3cc(OC)cc(C(=O)O)c3)o2)cc1. The fourth-order valence-electron chi connectivity index (χ4n) is 2.39. The van der Waals surface area contributed by atoms with Gasteiger partial charge in [-0.3, -0.25) is 0 Å². The second kappa shape index (κ2) is 12.7. The number of carboxylic acid groups (broad SMARTS) is 1. The largest absolute Gasteiger partial charge is 0.497 e. The summed E-state index contributed by atoms with van der Waals surface area (Å²) in [6.45, 7) is 8.00. The molecule has 0 aliphatic rings. The average molecular weight is 428 g/mol. The molecular formula is C23H28N2O6. The molecule has 0 radical (unpaired) electrons. The number of methoxy groups -OCH3 is 2. The van der Waals surface area contributed by atoms with Crippen molar-refractivity contribution >= 4 is 23.6 Å². The van der Waals surface area contributed by atoms with Crippen molar-refractivity contribution in [2.45, 2.75) is 27.7 Å². The first-order valence-electron chi connectivity index (χ1n) is 9.84. The van der Waals surface area contributed by atoms with Gasteiger partial charge < -0.3 is 24.3 Å². The third-order valence-corrected chi connectivity index (χ3v) is 3.74. The molecule has 0 saturated carbocycles. The Morgan fingerprint density at radius 3 is 2.16 bits per heavy atom. The molecule has 1 aromatic heterocycles. The van der Waals surface area contributed by atoms with Gasteiger partial charge in [0.05, 0.1) is 31.5 Å². The van der Waals surface area contributed by atoms with Gasteiger partial charge in [0.25, 0.3) is 6.01 Å². The Bertz CT molecular complexity index is 980. The van der Waals surface area contributed by atoms with Crippen LogP contribution in [0.25, 0.3) is 11.3 Å². The van der Waals surface area contributed by atoms with E-state index in [-0.39, 0.29) is 11.6 Å². The van der Waals surface area contributed by atoms with Gasteiger partial charge in [0.2, 0.25) is 0 Å². The Balaban J connectivity index is 0.00000113. The van der Waals surface area contributed by atoms with E-state index in [1.807, 2.05) is 27.7 Å². The molecule has 2 aromatic carbocycles. The van der Waals surface area contributed by atoms with Crippen LogP contribution in [0.15, 0.2) is 53.1 Å². The molecule has 0 saturated heterocycles. The Kier molecular flexibility index (Phi) is 10.3. The van der Waals surface area contributed by atoms with E-state index >= 15 is 0 Å². The number of benzene rings is 2. The second-order valence-corrected chi connectivity index (χ2v) is 5.48. The lowest BCUT2D eigenvalue weighted by Crippen LogP contribution is -2.00. The zero-order valence-corrected chi connectivity index (χ0v) is 18.6. The summed E-state index contributed by atoms with van der Waals surface area (Å²) in [5.41, 5.74) is 1.68. The smallest absolute Gasteiger partial charge is 0.337 e. The number of carbonyl (C=O) groups is 2. The zero-order chi connectivity index (χ0) is 23.4. The molecule has 31 heavy (non-hydrogen) atoms. The number of aromatic nitrogens is 1. The van der Waals surface area contributed by atoms with Gasteiger partial charge >= 0.3 is 11.9 Å². The average Bonchev–Trinajstić information content (AvgIpc) is 3.29. The number of nitrogens with one attached hydrogen (secondary N) is 1. The minimum Gasteiger partial charge on any atom is -0.497 e. The molecule has 0 unspecified atom stereocenters. The Hall–Kier alpha value is -3.81. The summed E-state index contributed by atoms with van der Waals surface area (Å²) in [4.78, 5) is 26.8. The number of esters is 1. The van der Waals surface area contributed by atoms with E-state index in [1.54, 1.807) is 30.3 Å². The van der Waals surface area contributed by atoms with Crippen LogP contribution in [0.5, 0.6) is 5.75 Å². The molecule has 0 fully saturated rings. The van der Waals surface area contributed by atoms with Crippen molar-refractivity contribution in [3.8, 4) is 17.1 Å². The molecule has 0 atom stereocenters. The summed E-state index contributed by atoms with van der Waals surface area (Å²) in [6.07, 6.45) is 1.52. The van der Waals surface area contributed by atoms with Crippen LogP contribution in [0.4, 0.5) is 11.7 Å². The molecule has 3 aromatic rings. The first kappa shape index (κ1) is 25.2. The molecule has 0 spiro atoms. The van der Waals surface area contributed by atoms with E-state index in [9.17, 15) is 14.7 Å². The minimum atomic E-state index is -1.07. The molecule has 0 amide bonds. The summed E-state index contributed by atoms with van der Waals surface area (Å²) in [7, 11) is 2.77. The highest BCUT2D eigenvalue weighted by Crippen LogP contribution is 2.27. The summed E-state index contributed by atoms with van der Waals surface area (Å²) < 4.78 is 15.4. The standard InChI is InChI=1S/C19H16N2O6.2C2H6/c1-25-15-8-13(17(22)23)7-14(9-15)21-19-20-10-16(27-19)11-3-5-12(6-4-11)18(24)26-2;2*1-2/h3-10H,1-2H3,(H,20,21)(H,22,23);2*1-2H3. The van der Waals surface area contributed by atoms with Crippen LogP contribution in [-0.4, -0.2) is 36.2 Å². The van der Waals surface area contributed by atoms with Gasteiger partial charge in [-0.25, -0.2) is 14.6 Å². The number of rotatable bonds is 6. The summed E-state index contributed by atoms with van der Waals surface area (Å²) in [6, 6.07) is 11.3. The number of hydrogen-bond acceptors (Lipinski definition) is 7. The number of nitrogens with zero attached hydrogens (tertiary/aromatic N) is 1. The van der Waals surface area contributed by atoms with Gasteiger partial charge in [-0.05, 0) is 24.3 Å². The van der Waals surface area contributed by atoms with Crippen LogP contribution < -0.4 is 10.1 Å². The third-order valence-electron chi connectivity index (χ3n) is 3.74. The summed E-state index contributed by atoms with van der Waals surface area (Å²) >= 11 is 0. The van der Waals surface area contributed by atoms with Gasteiger partial charge in [0, 0.05) is 17.3 Å². The molecule has 8 heteroatoms. The monoisotopic (exact) mass is 428 g/mol. The van der Waals surface area contributed by atoms with Gasteiger partial charge in [-0.2, -0.15) is 0 Å². The second-order valence-electron chi connectivity index (χ2n) is 5.48. The van der Waals surface area contributed by atoms with Crippen LogP contribution in [0.3, 0.4) is 0 Å². The van der Waals surface area contributed by atoms with Crippen molar-refractivity contribution in [3.63, 3.8) is 0 Å². The van der Waals surface area contributed by atoms with Gasteiger partial charge in [-0.1, -0.05) is 39.8 Å². The van der Waals surface area contributed by atoms with E-state index < -0.39 is 11.9 Å². The number of aromatic carboxylic acids is 1. The lowest BCUT2D eigenvalue weighted by Gasteiger charge is -2.07. The van der Waals surface area contributed by atoms with E-state index in [1.165, 1.54) is 32.5 Å². The van der Waals surface area contributed by atoms with Crippen LogP contribution in [-0.2, 0) is 4.74 Å². The van der Waals surface area contributed by atoms with Crippen molar-refractivity contribution in [1.29, 1.82) is 0 Å². The molecule has 1 heterocycles. The van der Waals surface area contributed by atoms with Crippen LogP contribution in [0.1, 0.15) is 48.4 Å². The normalized spacial score (nSPS) is 9.35. The fraction of sp³-hybridized carbons (Fsp3) is 0.261. The van der Waals surface area contributed by atoms with E-state index in [2.05, 4.69) is 15.0 Å². The number of carboxylic acids is 1. The molecular weight excluding hydrogens is 400 g/mol. The third kappa shape index (κ3) is 6.88. The van der Waals surface area contributed by atoms with Gasteiger partial charge in [0.15, 0.2) is 5.76 Å². The van der Waals surface area contributed by atoms with Gasteiger partial charge in [-0.15, -0.1) is 0 Å². The van der Waals surface area contributed by atoms with Crippen molar-refractivity contribution in [1.82, 2.24) is 4.98 Å². The van der Waals surface area contributed by atoms with E-state index in [0.717, 1.165) is 5.56 Å². The maximum absolute atomic E-state index is 11.5.